The van der Waals surface area contributed by atoms with Crippen LogP contribution in [0.2, 0.25) is 0 Å². The van der Waals surface area contributed by atoms with Gasteiger partial charge in [0.05, 0.1) is 13.1 Å². The summed E-state index contributed by atoms with van der Waals surface area (Å²) in [6.45, 7) is 5.44. The Balaban J connectivity index is 1.87. The highest BCUT2D eigenvalue weighted by Gasteiger charge is 2.27. The molecule has 0 radical (unpaired) electrons. The minimum absolute atomic E-state index is 0.223. The molecule has 0 aromatic rings. The van der Waals surface area contributed by atoms with Gasteiger partial charge in [0.25, 0.3) is 0 Å². The average Bonchev–Trinajstić information content (AvgIpc) is 2.90. The number of aliphatic hydroxyl groups is 1. The fraction of sp³-hybridized carbons (Fsp3) is 0.938. The molecule has 0 aliphatic carbocycles. The maximum atomic E-state index is 9.44. The van der Waals surface area contributed by atoms with Crippen LogP contribution in [0.4, 0.5) is 0 Å². The van der Waals surface area contributed by atoms with Crippen molar-refractivity contribution in [1.82, 2.24) is 0 Å². The van der Waals surface area contributed by atoms with Gasteiger partial charge in [0.15, 0.2) is 13.1 Å². The third-order valence-corrected chi connectivity index (χ3v) is 4.24. The molecule has 0 amide bonds. The number of aliphatic imine (C=N–C) groups is 1. The van der Waals surface area contributed by atoms with E-state index in [4.69, 9.17) is 0 Å². The first-order valence-corrected chi connectivity index (χ1v) is 8.30. The first-order chi connectivity index (χ1) is 9.33. The van der Waals surface area contributed by atoms with Crippen LogP contribution in [0.25, 0.3) is 0 Å². The number of unbranched alkanes of at least 4 members (excludes halogenated alkanes) is 9. The van der Waals surface area contributed by atoms with E-state index in [9.17, 15) is 5.11 Å². The molecule has 3 nitrogen and oxygen atoms in total. The smallest absolute Gasteiger partial charge is 0.187 e. The summed E-state index contributed by atoms with van der Waals surface area (Å²) < 4.78 is 0.705. The number of hydrogen-bond donors (Lipinski definition) is 1. The van der Waals surface area contributed by atoms with E-state index < -0.39 is 0 Å². The van der Waals surface area contributed by atoms with Crippen LogP contribution in [0.3, 0.4) is 0 Å². The monoisotopic (exact) mass is 269 g/mol. The van der Waals surface area contributed by atoms with Crippen molar-refractivity contribution in [3.05, 3.63) is 0 Å². The Kier molecular flexibility index (Phi) is 9.10. The summed E-state index contributed by atoms with van der Waals surface area (Å²) in [5.41, 5.74) is 0. The lowest BCUT2D eigenvalue weighted by Gasteiger charge is -2.27. The van der Waals surface area contributed by atoms with Crippen LogP contribution in [-0.2, 0) is 0 Å². The van der Waals surface area contributed by atoms with Crippen molar-refractivity contribution in [1.29, 1.82) is 0 Å². The summed E-state index contributed by atoms with van der Waals surface area (Å²) in [7, 11) is 0. The molecular weight excluding hydrogens is 236 g/mol. The SMILES string of the molecule is CCCCCCCCCCCC[N+]1(CO)C=NCC1. The first-order valence-electron chi connectivity index (χ1n) is 8.30. The fourth-order valence-corrected chi connectivity index (χ4v) is 2.81. The highest BCUT2D eigenvalue weighted by molar-refractivity contribution is 5.47. The van der Waals surface area contributed by atoms with E-state index in [1.54, 1.807) is 0 Å². The summed E-state index contributed by atoms with van der Waals surface area (Å²) >= 11 is 0. The molecule has 19 heavy (non-hydrogen) atoms. The van der Waals surface area contributed by atoms with Crippen LogP contribution in [-0.4, -0.2) is 42.3 Å². The van der Waals surface area contributed by atoms with Crippen molar-refractivity contribution in [3.63, 3.8) is 0 Å². The topological polar surface area (TPSA) is 32.6 Å². The van der Waals surface area contributed by atoms with E-state index in [1.165, 1.54) is 64.2 Å². The maximum absolute atomic E-state index is 9.44. The molecule has 0 saturated carbocycles. The van der Waals surface area contributed by atoms with Gasteiger partial charge >= 0.3 is 0 Å². The Bertz CT molecular complexity index is 243. The Hall–Kier alpha value is -0.410. The van der Waals surface area contributed by atoms with Gasteiger partial charge in [-0.15, -0.1) is 0 Å². The Morgan fingerprint density at radius 3 is 2.00 bits per heavy atom. The van der Waals surface area contributed by atoms with Crippen LogP contribution in [0.1, 0.15) is 71.1 Å². The third-order valence-electron chi connectivity index (χ3n) is 4.24. The van der Waals surface area contributed by atoms with E-state index in [1.807, 2.05) is 6.34 Å². The van der Waals surface area contributed by atoms with Crippen LogP contribution in [0, 0.1) is 0 Å². The summed E-state index contributed by atoms with van der Waals surface area (Å²) in [6.07, 6.45) is 15.7. The number of rotatable bonds is 12. The zero-order valence-electron chi connectivity index (χ0n) is 12.8. The highest BCUT2D eigenvalue weighted by atomic mass is 16.3. The molecule has 1 aliphatic rings. The molecule has 0 fully saturated rings. The van der Waals surface area contributed by atoms with E-state index >= 15 is 0 Å². The lowest BCUT2D eigenvalue weighted by Crippen LogP contribution is -2.46. The van der Waals surface area contributed by atoms with Gasteiger partial charge < -0.3 is 5.11 Å². The van der Waals surface area contributed by atoms with E-state index in [2.05, 4.69) is 11.9 Å². The van der Waals surface area contributed by atoms with E-state index in [0.717, 1.165) is 19.6 Å². The summed E-state index contributed by atoms with van der Waals surface area (Å²) in [5.74, 6) is 0. The van der Waals surface area contributed by atoms with E-state index in [0.29, 0.717) is 4.48 Å². The lowest BCUT2D eigenvalue weighted by atomic mass is 10.1. The molecule has 1 heterocycles. The van der Waals surface area contributed by atoms with Gasteiger partial charge in [0.1, 0.15) is 6.54 Å². The van der Waals surface area contributed by atoms with Crippen molar-refractivity contribution in [3.8, 4) is 0 Å². The summed E-state index contributed by atoms with van der Waals surface area (Å²) in [6, 6.07) is 0. The van der Waals surface area contributed by atoms with Crippen LogP contribution in [0.15, 0.2) is 4.99 Å². The average molecular weight is 269 g/mol. The number of hydrogen-bond acceptors (Lipinski definition) is 2. The molecule has 0 spiro atoms. The molecule has 0 aromatic carbocycles. The largest absolute Gasteiger partial charge is 0.347 e. The van der Waals surface area contributed by atoms with Gasteiger partial charge in [-0.05, 0) is 12.8 Å². The number of aliphatic hydroxyl groups excluding tert-OH is 1. The summed E-state index contributed by atoms with van der Waals surface area (Å²) in [4.78, 5) is 4.26. The van der Waals surface area contributed by atoms with Crippen molar-refractivity contribution < 1.29 is 9.59 Å². The fourth-order valence-electron chi connectivity index (χ4n) is 2.81. The molecule has 0 saturated heterocycles. The second-order valence-electron chi connectivity index (χ2n) is 6.01. The predicted molar refractivity (Wildman–Crippen MR) is 82.3 cm³/mol. The molecule has 1 N–H and O–H groups in total. The van der Waals surface area contributed by atoms with E-state index in [-0.39, 0.29) is 6.73 Å². The highest BCUT2D eigenvalue weighted by Crippen LogP contribution is 2.14. The molecule has 1 aliphatic heterocycles. The predicted octanol–water partition coefficient (Wildman–Crippen LogP) is 3.72. The van der Waals surface area contributed by atoms with Gasteiger partial charge in [0.2, 0.25) is 0 Å². The Morgan fingerprint density at radius 2 is 1.53 bits per heavy atom. The molecule has 112 valence electrons. The Morgan fingerprint density at radius 1 is 0.947 bits per heavy atom. The molecule has 0 bridgehead atoms. The molecule has 1 atom stereocenters. The van der Waals surface area contributed by atoms with Gasteiger partial charge in [-0.1, -0.05) is 58.3 Å². The third kappa shape index (κ3) is 7.07. The van der Waals surface area contributed by atoms with Crippen LogP contribution < -0.4 is 0 Å². The molecular formula is C16H33N2O+. The Labute approximate surface area is 119 Å². The minimum Gasteiger partial charge on any atom is -0.347 e. The number of nitrogens with zero attached hydrogens (tertiary/aromatic N) is 2. The molecule has 3 heteroatoms. The van der Waals surface area contributed by atoms with Crippen LogP contribution in [0.5, 0.6) is 0 Å². The zero-order valence-corrected chi connectivity index (χ0v) is 12.8. The minimum atomic E-state index is 0.223. The lowest BCUT2D eigenvalue weighted by molar-refractivity contribution is -0.849. The standard InChI is InChI=1S/C16H33N2O/c1-2-3-4-5-6-7-8-9-10-11-13-18(16-19)14-12-17-15-18/h15,19H,2-14,16H2,1H3/q+1. The molecule has 0 aromatic heterocycles. The first kappa shape index (κ1) is 16.6. The molecule has 1 rings (SSSR count). The van der Waals surface area contributed by atoms with Crippen molar-refractivity contribution in [2.75, 3.05) is 26.4 Å². The van der Waals surface area contributed by atoms with Crippen molar-refractivity contribution in [2.45, 2.75) is 71.1 Å². The van der Waals surface area contributed by atoms with Crippen molar-refractivity contribution in [2.24, 2.45) is 4.99 Å². The maximum Gasteiger partial charge on any atom is 0.187 e. The molecule has 1 unspecified atom stereocenters. The van der Waals surface area contributed by atoms with Gasteiger partial charge in [-0.25, -0.2) is 4.99 Å². The van der Waals surface area contributed by atoms with Gasteiger partial charge in [-0.3, -0.25) is 4.48 Å². The van der Waals surface area contributed by atoms with Crippen molar-refractivity contribution >= 4 is 6.34 Å². The normalized spacial score (nSPS) is 22.2. The van der Waals surface area contributed by atoms with Crippen LogP contribution >= 0.6 is 0 Å². The number of quaternary nitrogens is 1. The second-order valence-corrected chi connectivity index (χ2v) is 6.01. The summed E-state index contributed by atoms with van der Waals surface area (Å²) in [5, 5.41) is 9.44. The quantitative estimate of drug-likeness (QED) is 0.425. The van der Waals surface area contributed by atoms with Gasteiger partial charge in [-0.2, -0.15) is 0 Å². The second kappa shape index (κ2) is 10.4. The zero-order chi connectivity index (χ0) is 13.8. The van der Waals surface area contributed by atoms with Gasteiger partial charge in [0, 0.05) is 0 Å².